The Kier molecular flexibility index (Phi) is 5.80. The van der Waals surface area contributed by atoms with Gasteiger partial charge >= 0.3 is 5.97 Å². The maximum Gasteiger partial charge on any atom is 0.328 e. The number of benzene rings is 1. The molecule has 0 radical (unpaired) electrons. The zero-order chi connectivity index (χ0) is 19.2. The molecule has 0 bridgehead atoms. The average Bonchev–Trinajstić information content (AvgIpc) is 2.68. The summed E-state index contributed by atoms with van der Waals surface area (Å²) in [5.74, 6) is -0.725. The summed E-state index contributed by atoms with van der Waals surface area (Å²) >= 11 is 0. The van der Waals surface area contributed by atoms with E-state index in [1.165, 1.54) is 30.3 Å². The number of carbonyl (C=O) groups excluding carboxylic acids is 1. The number of carboxylic acids is 1. The lowest BCUT2D eigenvalue weighted by atomic mass is 10.0. The molecular weight excluding hydrogens is 349 g/mol. The third-order valence-electron chi connectivity index (χ3n) is 4.43. The minimum atomic E-state index is -1.00. The van der Waals surface area contributed by atoms with Crippen LogP contribution in [0.5, 0.6) is 0 Å². The fraction of sp³-hybridized carbons (Fsp3) is 0.250. The fourth-order valence-electron chi connectivity index (χ4n) is 2.97. The van der Waals surface area contributed by atoms with Gasteiger partial charge in [0.15, 0.2) is 0 Å². The molecule has 2 N–H and O–H groups in total. The van der Waals surface area contributed by atoms with E-state index < -0.39 is 5.97 Å². The van der Waals surface area contributed by atoms with Gasteiger partial charge in [-0.3, -0.25) is 4.79 Å². The number of halogens is 1. The van der Waals surface area contributed by atoms with Crippen LogP contribution in [0.3, 0.4) is 0 Å². The highest BCUT2D eigenvalue weighted by Gasteiger charge is 2.23. The van der Waals surface area contributed by atoms with Gasteiger partial charge in [-0.1, -0.05) is 0 Å². The van der Waals surface area contributed by atoms with Crippen molar-refractivity contribution < 1.29 is 19.1 Å². The number of nitrogens with zero attached hydrogens (tertiary/aromatic N) is 2. The second-order valence-corrected chi connectivity index (χ2v) is 6.37. The van der Waals surface area contributed by atoms with Gasteiger partial charge in [-0.15, -0.1) is 0 Å². The van der Waals surface area contributed by atoms with Gasteiger partial charge in [-0.05, 0) is 60.9 Å². The molecule has 1 amide bonds. The number of aliphatic carboxylic acids is 1. The summed E-state index contributed by atoms with van der Waals surface area (Å²) in [5, 5.41) is 12.0. The largest absolute Gasteiger partial charge is 0.478 e. The van der Waals surface area contributed by atoms with Crippen LogP contribution in [0.2, 0.25) is 0 Å². The van der Waals surface area contributed by atoms with Crippen molar-refractivity contribution >= 4 is 23.8 Å². The van der Waals surface area contributed by atoms with Crippen LogP contribution < -0.4 is 5.32 Å². The molecule has 0 aliphatic carbocycles. The third-order valence-corrected chi connectivity index (χ3v) is 4.43. The van der Waals surface area contributed by atoms with Crippen LogP contribution in [0.25, 0.3) is 6.08 Å². The van der Waals surface area contributed by atoms with E-state index in [1.807, 2.05) is 0 Å². The van der Waals surface area contributed by atoms with E-state index in [9.17, 15) is 14.0 Å². The van der Waals surface area contributed by atoms with Gasteiger partial charge in [0.25, 0.3) is 5.91 Å². The number of carboxylic acid groups (broad SMARTS) is 1. The molecule has 0 atom stereocenters. The van der Waals surface area contributed by atoms with E-state index in [2.05, 4.69) is 10.3 Å². The normalized spacial score (nSPS) is 15.1. The van der Waals surface area contributed by atoms with Crippen molar-refractivity contribution in [1.82, 2.24) is 9.88 Å². The average molecular weight is 369 g/mol. The van der Waals surface area contributed by atoms with Crippen LogP contribution in [0, 0.1) is 5.82 Å². The zero-order valence-electron chi connectivity index (χ0n) is 14.6. The summed E-state index contributed by atoms with van der Waals surface area (Å²) in [7, 11) is 0. The molecule has 1 aromatic carbocycles. The van der Waals surface area contributed by atoms with Crippen molar-refractivity contribution in [2.75, 3.05) is 18.4 Å². The molecule has 1 aliphatic rings. The predicted octanol–water partition coefficient (Wildman–Crippen LogP) is 3.04. The number of amides is 1. The summed E-state index contributed by atoms with van der Waals surface area (Å²) in [6.07, 6.45) is 5.73. The number of pyridine rings is 1. The molecule has 27 heavy (non-hydrogen) atoms. The maximum atomic E-state index is 13.0. The fourth-order valence-corrected chi connectivity index (χ4v) is 2.97. The van der Waals surface area contributed by atoms with Crippen molar-refractivity contribution in [2.24, 2.45) is 0 Å². The topological polar surface area (TPSA) is 82.5 Å². The highest BCUT2D eigenvalue weighted by Crippen LogP contribution is 2.18. The highest BCUT2D eigenvalue weighted by atomic mass is 19.1. The Morgan fingerprint density at radius 2 is 1.85 bits per heavy atom. The SMILES string of the molecule is O=C(O)C=Cc1ccc(NC2CCN(C(=O)c3ccc(F)cc3)CC2)nc1. The smallest absolute Gasteiger partial charge is 0.328 e. The minimum absolute atomic E-state index is 0.0823. The molecule has 1 fully saturated rings. The van der Waals surface area contributed by atoms with E-state index in [4.69, 9.17) is 5.11 Å². The lowest BCUT2D eigenvalue weighted by Crippen LogP contribution is -2.42. The molecular formula is C20H20FN3O3. The Bertz CT molecular complexity index is 827. The Morgan fingerprint density at radius 3 is 2.44 bits per heavy atom. The first kappa shape index (κ1) is 18.6. The Balaban J connectivity index is 1.51. The number of piperidine rings is 1. The van der Waals surface area contributed by atoms with E-state index in [1.54, 1.807) is 23.2 Å². The molecule has 2 aromatic rings. The monoisotopic (exact) mass is 369 g/mol. The van der Waals surface area contributed by atoms with Crippen molar-refractivity contribution in [2.45, 2.75) is 18.9 Å². The standard InChI is InChI=1S/C20H20FN3O3/c21-16-5-3-15(4-6-16)20(27)24-11-9-17(10-12-24)23-18-7-1-14(13-22-18)2-8-19(25)26/h1-8,13,17H,9-12H2,(H,22,23)(H,25,26). The number of nitrogens with one attached hydrogen (secondary N) is 1. The third kappa shape index (κ3) is 5.13. The van der Waals surface area contributed by atoms with E-state index in [0.29, 0.717) is 30.0 Å². The number of hydrogen-bond donors (Lipinski definition) is 2. The van der Waals surface area contributed by atoms with Gasteiger partial charge in [0.2, 0.25) is 0 Å². The van der Waals surface area contributed by atoms with Crippen LogP contribution in [-0.2, 0) is 4.79 Å². The number of carbonyl (C=O) groups is 2. The lowest BCUT2D eigenvalue weighted by molar-refractivity contribution is -0.131. The van der Waals surface area contributed by atoms with Crippen LogP contribution in [-0.4, -0.2) is 46.0 Å². The number of anilines is 1. The first-order valence-corrected chi connectivity index (χ1v) is 8.70. The molecule has 0 spiro atoms. The Labute approximate surface area is 156 Å². The van der Waals surface area contributed by atoms with Crippen LogP contribution >= 0.6 is 0 Å². The van der Waals surface area contributed by atoms with Crippen LogP contribution in [0.1, 0.15) is 28.8 Å². The van der Waals surface area contributed by atoms with Gasteiger partial charge in [0.05, 0.1) is 0 Å². The lowest BCUT2D eigenvalue weighted by Gasteiger charge is -2.32. The molecule has 3 rings (SSSR count). The van der Waals surface area contributed by atoms with Gasteiger partial charge in [0, 0.05) is 37.0 Å². The predicted molar refractivity (Wildman–Crippen MR) is 99.9 cm³/mol. The molecule has 0 unspecified atom stereocenters. The quantitative estimate of drug-likeness (QED) is 0.792. The first-order valence-electron chi connectivity index (χ1n) is 8.70. The van der Waals surface area contributed by atoms with Crippen molar-refractivity contribution in [3.05, 3.63) is 65.6 Å². The van der Waals surface area contributed by atoms with E-state index in [-0.39, 0.29) is 17.8 Å². The molecule has 140 valence electrons. The van der Waals surface area contributed by atoms with Gasteiger partial charge in [-0.25, -0.2) is 14.2 Å². The second kappa shape index (κ2) is 8.44. The number of likely N-dealkylation sites (tertiary alicyclic amines) is 1. The number of aromatic nitrogens is 1. The summed E-state index contributed by atoms with van der Waals surface area (Å²) in [5.41, 5.74) is 1.21. The number of rotatable bonds is 5. The van der Waals surface area contributed by atoms with Crippen molar-refractivity contribution in [1.29, 1.82) is 0 Å². The van der Waals surface area contributed by atoms with Crippen molar-refractivity contribution in [3.8, 4) is 0 Å². The van der Waals surface area contributed by atoms with Gasteiger partial charge < -0.3 is 15.3 Å². The summed E-state index contributed by atoms with van der Waals surface area (Å²) in [6.45, 7) is 1.24. The Morgan fingerprint density at radius 1 is 1.15 bits per heavy atom. The molecule has 1 aliphatic heterocycles. The van der Waals surface area contributed by atoms with Crippen LogP contribution in [0.15, 0.2) is 48.7 Å². The van der Waals surface area contributed by atoms with E-state index >= 15 is 0 Å². The van der Waals surface area contributed by atoms with E-state index in [0.717, 1.165) is 18.9 Å². The summed E-state index contributed by atoms with van der Waals surface area (Å²) in [4.78, 5) is 29.0. The molecule has 1 saturated heterocycles. The molecule has 2 heterocycles. The molecule has 7 heteroatoms. The number of hydrogen-bond acceptors (Lipinski definition) is 4. The summed E-state index contributed by atoms with van der Waals surface area (Å²) in [6, 6.07) is 9.40. The van der Waals surface area contributed by atoms with Gasteiger partial charge in [0.1, 0.15) is 11.6 Å². The first-order chi connectivity index (χ1) is 13.0. The molecule has 0 saturated carbocycles. The second-order valence-electron chi connectivity index (χ2n) is 6.37. The maximum absolute atomic E-state index is 13.0. The van der Waals surface area contributed by atoms with Crippen LogP contribution in [0.4, 0.5) is 10.2 Å². The van der Waals surface area contributed by atoms with Gasteiger partial charge in [-0.2, -0.15) is 0 Å². The minimum Gasteiger partial charge on any atom is -0.478 e. The van der Waals surface area contributed by atoms with Crippen molar-refractivity contribution in [3.63, 3.8) is 0 Å². The Hall–Kier alpha value is -3.22. The highest BCUT2D eigenvalue weighted by molar-refractivity contribution is 5.94. The molecule has 6 nitrogen and oxygen atoms in total. The molecule has 1 aromatic heterocycles. The zero-order valence-corrected chi connectivity index (χ0v) is 14.6. The summed E-state index contributed by atoms with van der Waals surface area (Å²) < 4.78 is 13.0.